The third-order valence-electron chi connectivity index (χ3n) is 5.36. The van der Waals surface area contributed by atoms with E-state index in [1.807, 2.05) is 59.3 Å². The zero-order valence-electron chi connectivity index (χ0n) is 19.0. The lowest BCUT2D eigenvalue weighted by Crippen LogP contribution is -2.27. The van der Waals surface area contributed by atoms with Crippen molar-refractivity contribution in [3.05, 3.63) is 83.4 Å². The van der Waals surface area contributed by atoms with E-state index in [2.05, 4.69) is 33.9 Å². The highest BCUT2D eigenvalue weighted by Gasteiger charge is 2.32. The SMILES string of the molecule is C[Si](C)OC(c1c(F)cccc1-c1ccc2nc(-c3ccc(Cl)cc3)cn2c1)C(C)(C)C. The van der Waals surface area contributed by atoms with E-state index >= 15 is 4.39 Å². The maximum Gasteiger partial charge on any atom is 0.205 e. The number of benzene rings is 2. The number of aromatic nitrogens is 2. The van der Waals surface area contributed by atoms with Crippen LogP contribution < -0.4 is 0 Å². The van der Waals surface area contributed by atoms with Gasteiger partial charge in [-0.3, -0.25) is 0 Å². The molecule has 1 unspecified atom stereocenters. The molecule has 0 amide bonds. The average Bonchev–Trinajstić information content (AvgIpc) is 3.15. The van der Waals surface area contributed by atoms with Crippen LogP contribution >= 0.6 is 11.6 Å². The van der Waals surface area contributed by atoms with Crippen molar-refractivity contribution >= 4 is 26.3 Å². The van der Waals surface area contributed by atoms with Crippen molar-refractivity contribution in [1.82, 2.24) is 9.38 Å². The summed E-state index contributed by atoms with van der Waals surface area (Å²) in [5.41, 5.74) is 4.81. The molecule has 0 aliphatic rings. The Kier molecular flexibility index (Phi) is 6.25. The van der Waals surface area contributed by atoms with Crippen LogP contribution in [0.3, 0.4) is 0 Å². The van der Waals surface area contributed by atoms with Crippen LogP contribution in [0.5, 0.6) is 0 Å². The molecule has 2 heterocycles. The molecule has 0 bridgehead atoms. The second kappa shape index (κ2) is 8.81. The van der Waals surface area contributed by atoms with E-state index in [-0.39, 0.29) is 17.3 Å². The molecular formula is C26H27ClFN2OSi. The van der Waals surface area contributed by atoms with Crippen LogP contribution in [0, 0.1) is 11.2 Å². The minimum absolute atomic E-state index is 0.238. The third kappa shape index (κ3) is 4.65. The molecule has 0 saturated heterocycles. The Morgan fingerprint density at radius 1 is 0.969 bits per heavy atom. The molecule has 1 atom stereocenters. The number of nitrogens with zero attached hydrogens (tertiary/aromatic N) is 2. The molecule has 0 fully saturated rings. The number of rotatable bonds is 5. The molecule has 6 heteroatoms. The third-order valence-corrected chi connectivity index (χ3v) is 6.32. The predicted octanol–water partition coefficient (Wildman–Crippen LogP) is 7.82. The van der Waals surface area contributed by atoms with Crippen LogP contribution in [0.2, 0.25) is 18.1 Å². The topological polar surface area (TPSA) is 26.5 Å². The summed E-state index contributed by atoms with van der Waals surface area (Å²) in [4.78, 5) is 4.73. The quantitative estimate of drug-likeness (QED) is 0.281. The summed E-state index contributed by atoms with van der Waals surface area (Å²) in [7, 11) is -1.03. The Morgan fingerprint density at radius 3 is 2.31 bits per heavy atom. The maximum atomic E-state index is 15.2. The van der Waals surface area contributed by atoms with Gasteiger partial charge in [-0.05, 0) is 60.0 Å². The monoisotopic (exact) mass is 465 g/mol. The van der Waals surface area contributed by atoms with E-state index in [4.69, 9.17) is 21.0 Å². The zero-order valence-corrected chi connectivity index (χ0v) is 20.7. The van der Waals surface area contributed by atoms with Crippen LogP contribution in [0.15, 0.2) is 67.0 Å². The van der Waals surface area contributed by atoms with Crippen molar-refractivity contribution in [1.29, 1.82) is 0 Å². The van der Waals surface area contributed by atoms with Gasteiger partial charge in [-0.2, -0.15) is 0 Å². The van der Waals surface area contributed by atoms with E-state index in [0.717, 1.165) is 28.0 Å². The highest BCUT2D eigenvalue weighted by Crippen LogP contribution is 2.42. The summed E-state index contributed by atoms with van der Waals surface area (Å²) in [5.74, 6) is -0.238. The van der Waals surface area contributed by atoms with E-state index < -0.39 is 9.04 Å². The lowest BCUT2D eigenvalue weighted by Gasteiger charge is -2.34. The standard InChI is InChI=1S/C26H27ClFN2OSi/c1-26(2,3)25(31-32(4)5)24-20(7-6-8-21(24)28)18-11-14-23-29-22(16-30(23)15-18)17-9-12-19(27)13-10-17/h6-16,25H,1-5H3. The van der Waals surface area contributed by atoms with Gasteiger partial charge < -0.3 is 8.83 Å². The lowest BCUT2D eigenvalue weighted by atomic mass is 9.81. The van der Waals surface area contributed by atoms with Gasteiger partial charge >= 0.3 is 0 Å². The molecule has 1 radical (unpaired) electrons. The van der Waals surface area contributed by atoms with Gasteiger partial charge in [-0.25, -0.2) is 9.37 Å². The number of hydrogen-bond donors (Lipinski definition) is 0. The molecule has 4 aromatic rings. The fourth-order valence-corrected chi connectivity index (χ4v) is 4.94. The van der Waals surface area contributed by atoms with Gasteiger partial charge in [-0.15, -0.1) is 0 Å². The fourth-order valence-electron chi connectivity index (χ4n) is 3.87. The van der Waals surface area contributed by atoms with E-state index in [9.17, 15) is 0 Å². The zero-order chi connectivity index (χ0) is 23.0. The Morgan fingerprint density at radius 2 is 1.66 bits per heavy atom. The van der Waals surface area contributed by atoms with Crippen LogP contribution in [-0.2, 0) is 4.43 Å². The summed E-state index contributed by atoms with van der Waals surface area (Å²) in [5, 5.41) is 0.692. The van der Waals surface area contributed by atoms with Gasteiger partial charge in [0.05, 0.1) is 11.8 Å². The summed E-state index contributed by atoms with van der Waals surface area (Å²) >= 11 is 6.02. The summed E-state index contributed by atoms with van der Waals surface area (Å²) in [6, 6.07) is 16.8. The van der Waals surface area contributed by atoms with Crippen molar-refractivity contribution in [2.24, 2.45) is 5.41 Å². The van der Waals surface area contributed by atoms with Gasteiger partial charge in [0, 0.05) is 28.5 Å². The Bertz CT molecular complexity index is 1250. The Hall–Kier alpha value is -2.47. The summed E-state index contributed by atoms with van der Waals surface area (Å²) in [6.45, 7) is 10.4. The second-order valence-electron chi connectivity index (χ2n) is 9.29. The first-order valence-corrected chi connectivity index (χ1v) is 13.4. The first kappa shape index (κ1) is 22.7. The van der Waals surface area contributed by atoms with E-state index in [1.165, 1.54) is 6.07 Å². The summed E-state index contributed by atoms with van der Waals surface area (Å²) in [6.07, 6.45) is 3.65. The van der Waals surface area contributed by atoms with Crippen LogP contribution in [-0.4, -0.2) is 18.4 Å². The molecule has 165 valence electrons. The van der Waals surface area contributed by atoms with E-state index in [1.54, 1.807) is 6.07 Å². The largest absolute Gasteiger partial charge is 0.410 e. The molecular weight excluding hydrogens is 439 g/mol. The molecule has 0 spiro atoms. The van der Waals surface area contributed by atoms with Crippen molar-refractivity contribution in [3.8, 4) is 22.4 Å². The molecule has 2 aromatic carbocycles. The van der Waals surface area contributed by atoms with Crippen LogP contribution in [0.4, 0.5) is 4.39 Å². The van der Waals surface area contributed by atoms with Crippen LogP contribution in [0.1, 0.15) is 32.4 Å². The highest BCUT2D eigenvalue weighted by atomic mass is 35.5. The smallest absolute Gasteiger partial charge is 0.205 e. The molecule has 2 aromatic heterocycles. The van der Waals surface area contributed by atoms with Crippen molar-refractivity contribution in [2.75, 3.05) is 0 Å². The minimum Gasteiger partial charge on any atom is -0.410 e. The van der Waals surface area contributed by atoms with Crippen molar-refractivity contribution < 1.29 is 8.82 Å². The predicted molar refractivity (Wildman–Crippen MR) is 132 cm³/mol. The Labute approximate surface area is 195 Å². The number of pyridine rings is 1. The minimum atomic E-state index is -1.03. The van der Waals surface area contributed by atoms with Crippen molar-refractivity contribution in [2.45, 2.75) is 40.0 Å². The Balaban J connectivity index is 1.82. The molecule has 32 heavy (non-hydrogen) atoms. The van der Waals surface area contributed by atoms with Gasteiger partial charge in [0.1, 0.15) is 11.5 Å². The van der Waals surface area contributed by atoms with E-state index in [0.29, 0.717) is 10.6 Å². The number of halogens is 2. The number of hydrogen-bond acceptors (Lipinski definition) is 2. The number of imidazole rings is 1. The molecule has 0 aliphatic carbocycles. The summed E-state index contributed by atoms with van der Waals surface area (Å²) < 4.78 is 23.6. The molecule has 0 saturated carbocycles. The number of fused-ring (bicyclic) bond motifs is 1. The van der Waals surface area contributed by atoms with Gasteiger partial charge in [0.15, 0.2) is 0 Å². The average molecular weight is 466 g/mol. The maximum absolute atomic E-state index is 15.2. The second-order valence-corrected chi connectivity index (χ2v) is 11.8. The van der Waals surface area contributed by atoms with Gasteiger partial charge in [0.25, 0.3) is 0 Å². The first-order chi connectivity index (χ1) is 15.1. The highest BCUT2D eigenvalue weighted by molar-refractivity contribution is 6.48. The first-order valence-electron chi connectivity index (χ1n) is 10.6. The van der Waals surface area contributed by atoms with Crippen LogP contribution in [0.25, 0.3) is 28.0 Å². The normalized spacial score (nSPS) is 13.1. The molecule has 0 N–H and O–H groups in total. The fraction of sp³-hybridized carbons (Fsp3) is 0.269. The van der Waals surface area contributed by atoms with Crippen molar-refractivity contribution in [3.63, 3.8) is 0 Å². The molecule has 3 nitrogen and oxygen atoms in total. The van der Waals surface area contributed by atoms with Gasteiger partial charge in [-0.1, -0.05) is 56.6 Å². The molecule has 0 aliphatic heterocycles. The van der Waals surface area contributed by atoms with Gasteiger partial charge in [0.2, 0.25) is 9.04 Å². The molecule has 4 rings (SSSR count). The lowest BCUT2D eigenvalue weighted by molar-refractivity contribution is 0.0837.